The maximum absolute atomic E-state index is 12.3. The summed E-state index contributed by atoms with van der Waals surface area (Å²) in [6, 6.07) is 6.63. The van der Waals surface area contributed by atoms with E-state index in [4.69, 9.17) is 9.47 Å². The van der Waals surface area contributed by atoms with Crippen LogP contribution < -0.4 is 0 Å². The number of esters is 2. The van der Waals surface area contributed by atoms with Crippen molar-refractivity contribution < 1.29 is 19.1 Å². The minimum Gasteiger partial charge on any atom is -0.462 e. The number of ether oxygens (including phenoxy) is 2. The lowest BCUT2D eigenvalue weighted by atomic mass is 10.1. The van der Waals surface area contributed by atoms with Gasteiger partial charge in [-0.15, -0.1) is 0 Å². The fourth-order valence-electron chi connectivity index (χ4n) is 2.45. The van der Waals surface area contributed by atoms with Crippen molar-refractivity contribution in [2.24, 2.45) is 0 Å². The number of benzene rings is 1. The van der Waals surface area contributed by atoms with Crippen LogP contribution in [-0.4, -0.2) is 25.2 Å². The number of rotatable bonds is 13. The van der Waals surface area contributed by atoms with Crippen LogP contribution >= 0.6 is 0 Å². The lowest BCUT2D eigenvalue weighted by molar-refractivity contribution is 0.0458. The van der Waals surface area contributed by atoms with Crippen molar-refractivity contribution in [1.82, 2.24) is 0 Å². The summed E-state index contributed by atoms with van der Waals surface area (Å²) in [4.78, 5) is 24.4. The first kappa shape index (κ1) is 21.9. The normalized spacial score (nSPS) is 10.8. The lowest BCUT2D eigenvalue weighted by Gasteiger charge is -2.09. The molecule has 0 aliphatic heterocycles. The summed E-state index contributed by atoms with van der Waals surface area (Å²) in [6.07, 6.45) is 12.7. The second-order valence-corrected chi connectivity index (χ2v) is 6.28. The van der Waals surface area contributed by atoms with Gasteiger partial charge in [0.25, 0.3) is 0 Å². The van der Waals surface area contributed by atoms with E-state index in [-0.39, 0.29) is 11.1 Å². The van der Waals surface area contributed by atoms with Crippen LogP contribution in [0, 0.1) is 0 Å². The molecule has 0 spiro atoms. The van der Waals surface area contributed by atoms with Gasteiger partial charge in [0.15, 0.2) is 0 Å². The summed E-state index contributed by atoms with van der Waals surface area (Å²) < 4.78 is 10.5. The maximum atomic E-state index is 12.3. The van der Waals surface area contributed by atoms with E-state index in [0.717, 1.165) is 19.3 Å². The molecule has 144 valence electrons. The number of hydrogen-bond donors (Lipinski definition) is 0. The van der Waals surface area contributed by atoms with Crippen molar-refractivity contribution >= 4 is 11.9 Å². The maximum Gasteiger partial charge on any atom is 0.339 e. The molecular weight excluding hydrogens is 328 g/mol. The molecule has 1 rings (SSSR count). The Kier molecular flexibility index (Phi) is 11.9. The molecule has 4 heteroatoms. The zero-order valence-electron chi connectivity index (χ0n) is 16.2. The first-order valence-electron chi connectivity index (χ1n) is 9.79. The van der Waals surface area contributed by atoms with Gasteiger partial charge in [-0.05, 0) is 37.8 Å². The van der Waals surface area contributed by atoms with E-state index in [9.17, 15) is 9.59 Å². The summed E-state index contributed by atoms with van der Waals surface area (Å²) in [5.41, 5.74) is 0.526. The zero-order valence-corrected chi connectivity index (χ0v) is 16.2. The molecule has 0 bridgehead atoms. The van der Waals surface area contributed by atoms with Gasteiger partial charge in [-0.2, -0.15) is 0 Å². The molecule has 0 aromatic heterocycles. The van der Waals surface area contributed by atoms with Gasteiger partial charge in [-0.25, -0.2) is 9.59 Å². The molecule has 0 aliphatic rings. The average Bonchev–Trinajstić information content (AvgIpc) is 2.66. The summed E-state index contributed by atoms with van der Waals surface area (Å²) in [6.45, 7) is 4.90. The van der Waals surface area contributed by atoms with Gasteiger partial charge in [0.05, 0.1) is 24.3 Å². The fourth-order valence-corrected chi connectivity index (χ4v) is 2.45. The summed E-state index contributed by atoms with van der Waals surface area (Å²) >= 11 is 0. The predicted molar refractivity (Wildman–Crippen MR) is 104 cm³/mol. The van der Waals surface area contributed by atoms with Crippen molar-refractivity contribution in [3.8, 4) is 0 Å². The van der Waals surface area contributed by atoms with E-state index in [0.29, 0.717) is 19.6 Å². The van der Waals surface area contributed by atoms with Crippen molar-refractivity contribution in [3.63, 3.8) is 0 Å². The molecule has 0 unspecified atom stereocenters. The molecule has 0 radical (unpaired) electrons. The Bertz CT molecular complexity index is 563. The smallest absolute Gasteiger partial charge is 0.339 e. The molecule has 0 fully saturated rings. The Morgan fingerprint density at radius 2 is 1.35 bits per heavy atom. The highest BCUT2D eigenvalue weighted by Gasteiger charge is 2.18. The Hall–Kier alpha value is -2.10. The number of carbonyl (C=O) groups excluding carboxylic acids is 2. The summed E-state index contributed by atoms with van der Waals surface area (Å²) in [7, 11) is 0. The first-order chi connectivity index (χ1) is 12.7. The summed E-state index contributed by atoms with van der Waals surface area (Å²) in [5, 5.41) is 0. The minimum atomic E-state index is -0.482. The van der Waals surface area contributed by atoms with E-state index in [1.54, 1.807) is 24.3 Å². The SMILES string of the molecule is CCCCCC/C=C/CCOC(=O)c1ccccc1C(=O)OCCCC. The molecular formula is C22H32O4. The van der Waals surface area contributed by atoms with Gasteiger partial charge >= 0.3 is 11.9 Å². The Labute approximate surface area is 157 Å². The highest BCUT2D eigenvalue weighted by Crippen LogP contribution is 2.13. The molecule has 0 saturated heterocycles. The summed E-state index contributed by atoms with van der Waals surface area (Å²) in [5.74, 6) is -0.956. The molecule has 1 aromatic rings. The lowest BCUT2D eigenvalue weighted by Crippen LogP contribution is -2.14. The Morgan fingerprint density at radius 3 is 1.96 bits per heavy atom. The second kappa shape index (κ2) is 14.1. The molecule has 26 heavy (non-hydrogen) atoms. The monoisotopic (exact) mass is 360 g/mol. The number of allylic oxidation sites excluding steroid dienone is 1. The second-order valence-electron chi connectivity index (χ2n) is 6.28. The van der Waals surface area contributed by atoms with Crippen molar-refractivity contribution in [2.75, 3.05) is 13.2 Å². The molecule has 0 aliphatic carbocycles. The van der Waals surface area contributed by atoms with E-state index in [1.807, 2.05) is 13.0 Å². The zero-order chi connectivity index (χ0) is 19.0. The highest BCUT2D eigenvalue weighted by atomic mass is 16.5. The van der Waals surface area contributed by atoms with Crippen molar-refractivity contribution in [1.29, 1.82) is 0 Å². The molecule has 0 saturated carbocycles. The molecule has 0 heterocycles. The molecule has 4 nitrogen and oxygen atoms in total. The van der Waals surface area contributed by atoms with Crippen LogP contribution in [0.4, 0.5) is 0 Å². The van der Waals surface area contributed by atoms with Crippen LogP contribution in [0.15, 0.2) is 36.4 Å². The van der Waals surface area contributed by atoms with Crippen molar-refractivity contribution in [3.05, 3.63) is 47.5 Å². The minimum absolute atomic E-state index is 0.262. The third-order valence-corrected chi connectivity index (χ3v) is 4.01. The van der Waals surface area contributed by atoms with Crippen LogP contribution in [-0.2, 0) is 9.47 Å². The molecule has 1 aromatic carbocycles. The van der Waals surface area contributed by atoms with Gasteiger partial charge in [0.1, 0.15) is 0 Å². The molecule has 0 atom stereocenters. The van der Waals surface area contributed by atoms with Crippen LogP contribution in [0.25, 0.3) is 0 Å². The predicted octanol–water partition coefficient (Wildman–Crippen LogP) is 5.72. The van der Waals surface area contributed by atoms with E-state index in [1.165, 1.54) is 25.7 Å². The average molecular weight is 360 g/mol. The van der Waals surface area contributed by atoms with Crippen LogP contribution in [0.1, 0.15) is 85.9 Å². The number of unbranched alkanes of at least 4 members (excludes halogenated alkanes) is 5. The molecule has 0 N–H and O–H groups in total. The standard InChI is InChI=1S/C22H32O4/c1-3-5-7-8-9-10-11-14-18-26-22(24)20-16-13-12-15-19(20)21(23)25-17-6-4-2/h10-13,15-16H,3-9,14,17-18H2,1-2H3/b11-10+. The van der Waals surface area contributed by atoms with Crippen molar-refractivity contribution in [2.45, 2.75) is 65.2 Å². The number of hydrogen-bond acceptors (Lipinski definition) is 4. The van der Waals surface area contributed by atoms with E-state index in [2.05, 4.69) is 13.0 Å². The first-order valence-corrected chi connectivity index (χ1v) is 9.79. The largest absolute Gasteiger partial charge is 0.462 e. The third kappa shape index (κ3) is 8.84. The van der Waals surface area contributed by atoms with Crippen LogP contribution in [0.2, 0.25) is 0 Å². The van der Waals surface area contributed by atoms with E-state index < -0.39 is 11.9 Å². The highest BCUT2D eigenvalue weighted by molar-refractivity contribution is 6.03. The molecule has 0 amide bonds. The Balaban J connectivity index is 2.40. The quantitative estimate of drug-likeness (QED) is 0.256. The topological polar surface area (TPSA) is 52.6 Å². The fraction of sp³-hybridized carbons (Fsp3) is 0.545. The van der Waals surface area contributed by atoms with E-state index >= 15 is 0 Å². The Morgan fingerprint density at radius 1 is 0.769 bits per heavy atom. The van der Waals surface area contributed by atoms with Gasteiger partial charge in [-0.3, -0.25) is 0 Å². The number of carbonyl (C=O) groups is 2. The van der Waals surface area contributed by atoms with Gasteiger partial charge in [0, 0.05) is 0 Å². The van der Waals surface area contributed by atoms with Crippen LogP contribution in [0.5, 0.6) is 0 Å². The van der Waals surface area contributed by atoms with Gasteiger partial charge in [-0.1, -0.05) is 63.8 Å². The van der Waals surface area contributed by atoms with Gasteiger partial charge in [0.2, 0.25) is 0 Å². The van der Waals surface area contributed by atoms with Gasteiger partial charge < -0.3 is 9.47 Å². The third-order valence-electron chi connectivity index (χ3n) is 4.01. The van der Waals surface area contributed by atoms with Crippen LogP contribution in [0.3, 0.4) is 0 Å².